The van der Waals surface area contributed by atoms with Gasteiger partial charge in [0.15, 0.2) is 0 Å². The number of rotatable bonds is 4. The third-order valence-electron chi connectivity index (χ3n) is 2.57. The normalized spacial score (nSPS) is 14.0. The summed E-state index contributed by atoms with van der Waals surface area (Å²) in [6.07, 6.45) is 2.12. The Morgan fingerprint density at radius 1 is 1.29 bits per heavy atom. The molecule has 92 valence electrons. The topological polar surface area (TPSA) is 59.6 Å². The molecule has 0 bridgehead atoms. The van der Waals surface area contributed by atoms with E-state index in [0.717, 1.165) is 12.8 Å². The fourth-order valence-corrected chi connectivity index (χ4v) is 1.48. The molecule has 0 unspecified atom stereocenters. The van der Waals surface area contributed by atoms with Crippen molar-refractivity contribution in [3.05, 3.63) is 18.2 Å². The van der Waals surface area contributed by atoms with Crippen molar-refractivity contribution in [3.63, 3.8) is 0 Å². The number of carbonyl (C=O) groups excluding carboxylic acids is 1. The predicted octanol–water partition coefficient (Wildman–Crippen LogP) is 1.99. The number of anilines is 1. The number of nitrogens with one attached hydrogen (secondary N) is 2. The molecule has 1 aliphatic rings. The lowest BCUT2D eigenvalue weighted by Gasteiger charge is -2.12. The highest BCUT2D eigenvalue weighted by atomic mass is 16.5. The Morgan fingerprint density at radius 3 is 2.65 bits per heavy atom. The van der Waals surface area contributed by atoms with Crippen LogP contribution in [0.1, 0.15) is 12.8 Å². The van der Waals surface area contributed by atoms with E-state index < -0.39 is 0 Å². The van der Waals surface area contributed by atoms with Crippen LogP contribution in [0, 0.1) is 0 Å². The Morgan fingerprint density at radius 2 is 2.06 bits per heavy atom. The van der Waals surface area contributed by atoms with Crippen LogP contribution in [0.3, 0.4) is 0 Å². The van der Waals surface area contributed by atoms with Gasteiger partial charge < -0.3 is 20.1 Å². The standard InChI is InChI=1S/C12H16N2O3/c1-16-9-5-6-11(17-2)10(7-9)14-12(15)13-8-3-4-8/h5-8H,3-4H2,1-2H3,(H2,13,14,15). The predicted molar refractivity (Wildman–Crippen MR) is 64.7 cm³/mol. The van der Waals surface area contributed by atoms with E-state index in [1.54, 1.807) is 32.4 Å². The Bertz CT molecular complexity index is 416. The molecule has 0 heterocycles. The van der Waals surface area contributed by atoms with E-state index >= 15 is 0 Å². The molecule has 1 saturated carbocycles. The molecule has 5 heteroatoms. The van der Waals surface area contributed by atoms with Crippen LogP contribution >= 0.6 is 0 Å². The maximum atomic E-state index is 11.6. The third kappa shape index (κ3) is 3.03. The number of benzene rings is 1. The van der Waals surface area contributed by atoms with Crippen molar-refractivity contribution in [2.75, 3.05) is 19.5 Å². The lowest BCUT2D eigenvalue weighted by atomic mass is 10.2. The highest BCUT2D eigenvalue weighted by Gasteiger charge is 2.23. The van der Waals surface area contributed by atoms with E-state index in [-0.39, 0.29) is 6.03 Å². The molecular weight excluding hydrogens is 220 g/mol. The zero-order valence-electron chi connectivity index (χ0n) is 9.95. The van der Waals surface area contributed by atoms with Crippen LogP contribution in [0.25, 0.3) is 0 Å². The van der Waals surface area contributed by atoms with Gasteiger partial charge in [0, 0.05) is 12.1 Å². The van der Waals surface area contributed by atoms with Gasteiger partial charge in [-0.1, -0.05) is 0 Å². The van der Waals surface area contributed by atoms with E-state index in [4.69, 9.17) is 9.47 Å². The summed E-state index contributed by atoms with van der Waals surface area (Å²) in [5.74, 6) is 1.28. The average Bonchev–Trinajstić information content (AvgIpc) is 3.12. The Hall–Kier alpha value is -1.91. The van der Waals surface area contributed by atoms with E-state index in [9.17, 15) is 4.79 Å². The number of hydrogen-bond acceptors (Lipinski definition) is 3. The number of methoxy groups -OCH3 is 2. The lowest BCUT2D eigenvalue weighted by Crippen LogP contribution is -2.30. The van der Waals surface area contributed by atoms with Crippen LogP contribution in [-0.2, 0) is 0 Å². The molecule has 1 aliphatic carbocycles. The third-order valence-corrected chi connectivity index (χ3v) is 2.57. The van der Waals surface area contributed by atoms with Gasteiger partial charge in [0.05, 0.1) is 19.9 Å². The molecule has 0 radical (unpaired) electrons. The highest BCUT2D eigenvalue weighted by Crippen LogP contribution is 2.29. The van der Waals surface area contributed by atoms with Crippen molar-refractivity contribution in [3.8, 4) is 11.5 Å². The van der Waals surface area contributed by atoms with Gasteiger partial charge in [-0.2, -0.15) is 0 Å². The number of amides is 2. The quantitative estimate of drug-likeness (QED) is 0.840. The smallest absolute Gasteiger partial charge is 0.319 e. The van der Waals surface area contributed by atoms with Crippen molar-refractivity contribution in [1.82, 2.24) is 5.32 Å². The molecule has 2 rings (SSSR count). The molecule has 1 aromatic rings. The second-order valence-corrected chi connectivity index (χ2v) is 3.94. The molecule has 0 atom stereocenters. The molecule has 5 nitrogen and oxygen atoms in total. The molecule has 0 saturated heterocycles. The Balaban J connectivity index is 2.08. The molecule has 17 heavy (non-hydrogen) atoms. The van der Waals surface area contributed by atoms with Crippen molar-refractivity contribution in [2.45, 2.75) is 18.9 Å². The summed E-state index contributed by atoms with van der Waals surface area (Å²) in [7, 11) is 3.14. The van der Waals surface area contributed by atoms with Gasteiger partial charge >= 0.3 is 6.03 Å². The maximum Gasteiger partial charge on any atom is 0.319 e. The zero-order valence-corrected chi connectivity index (χ0v) is 9.95. The minimum atomic E-state index is -0.209. The van der Waals surface area contributed by atoms with E-state index in [2.05, 4.69) is 10.6 Å². The molecule has 0 aliphatic heterocycles. The second kappa shape index (κ2) is 4.95. The van der Waals surface area contributed by atoms with Gasteiger partial charge in [-0.15, -0.1) is 0 Å². The minimum absolute atomic E-state index is 0.209. The first-order valence-corrected chi connectivity index (χ1v) is 5.52. The van der Waals surface area contributed by atoms with E-state index in [1.807, 2.05) is 0 Å². The summed E-state index contributed by atoms with van der Waals surface area (Å²) >= 11 is 0. The van der Waals surface area contributed by atoms with Gasteiger partial charge in [0.2, 0.25) is 0 Å². The number of ether oxygens (including phenoxy) is 2. The first-order chi connectivity index (χ1) is 8.22. The van der Waals surface area contributed by atoms with Crippen molar-refractivity contribution in [2.24, 2.45) is 0 Å². The fraction of sp³-hybridized carbons (Fsp3) is 0.417. The van der Waals surface area contributed by atoms with Crippen molar-refractivity contribution >= 4 is 11.7 Å². The number of carbonyl (C=O) groups is 1. The van der Waals surface area contributed by atoms with Gasteiger partial charge in [0.25, 0.3) is 0 Å². The minimum Gasteiger partial charge on any atom is -0.497 e. The van der Waals surface area contributed by atoms with Gasteiger partial charge in [-0.3, -0.25) is 0 Å². The largest absolute Gasteiger partial charge is 0.497 e. The monoisotopic (exact) mass is 236 g/mol. The summed E-state index contributed by atoms with van der Waals surface area (Å²) in [5, 5.41) is 5.60. The molecule has 2 amide bonds. The lowest BCUT2D eigenvalue weighted by molar-refractivity contribution is 0.251. The molecule has 1 fully saturated rings. The van der Waals surface area contributed by atoms with Gasteiger partial charge in [-0.25, -0.2) is 4.79 Å². The van der Waals surface area contributed by atoms with E-state index in [1.165, 1.54) is 0 Å². The summed E-state index contributed by atoms with van der Waals surface area (Å²) in [4.78, 5) is 11.6. The van der Waals surface area contributed by atoms with Gasteiger partial charge in [0.1, 0.15) is 11.5 Å². The van der Waals surface area contributed by atoms with Gasteiger partial charge in [-0.05, 0) is 25.0 Å². The van der Waals surface area contributed by atoms with Crippen LogP contribution < -0.4 is 20.1 Å². The summed E-state index contributed by atoms with van der Waals surface area (Å²) in [5.41, 5.74) is 0.602. The second-order valence-electron chi connectivity index (χ2n) is 3.94. The van der Waals surface area contributed by atoms with Crippen molar-refractivity contribution in [1.29, 1.82) is 0 Å². The molecule has 1 aromatic carbocycles. The Labute approximate surface area is 100 Å². The van der Waals surface area contributed by atoms with Crippen LogP contribution in [0.15, 0.2) is 18.2 Å². The van der Waals surface area contributed by atoms with Crippen LogP contribution in [0.5, 0.6) is 11.5 Å². The van der Waals surface area contributed by atoms with Crippen LogP contribution in [-0.4, -0.2) is 26.3 Å². The maximum absolute atomic E-state index is 11.6. The Kier molecular flexibility index (Phi) is 3.37. The molecule has 0 spiro atoms. The summed E-state index contributed by atoms with van der Waals surface area (Å²) in [6.45, 7) is 0. The molecule has 0 aromatic heterocycles. The average molecular weight is 236 g/mol. The first kappa shape index (κ1) is 11.6. The zero-order chi connectivity index (χ0) is 12.3. The number of hydrogen-bond donors (Lipinski definition) is 2. The number of urea groups is 1. The van der Waals surface area contributed by atoms with Crippen LogP contribution in [0.4, 0.5) is 10.5 Å². The molecule has 2 N–H and O–H groups in total. The summed E-state index contributed by atoms with van der Waals surface area (Å²) in [6, 6.07) is 5.38. The van der Waals surface area contributed by atoms with Crippen molar-refractivity contribution < 1.29 is 14.3 Å². The first-order valence-electron chi connectivity index (χ1n) is 5.52. The van der Waals surface area contributed by atoms with Crippen LogP contribution in [0.2, 0.25) is 0 Å². The highest BCUT2D eigenvalue weighted by molar-refractivity contribution is 5.91. The fourth-order valence-electron chi connectivity index (χ4n) is 1.48. The van der Waals surface area contributed by atoms with E-state index in [0.29, 0.717) is 23.2 Å². The molecular formula is C12H16N2O3. The summed E-state index contributed by atoms with van der Waals surface area (Å²) < 4.78 is 10.3. The SMILES string of the molecule is COc1ccc(OC)c(NC(=O)NC2CC2)c1.